The molecule has 6 nitrogen and oxygen atoms in total. The van der Waals surface area contributed by atoms with Gasteiger partial charge < -0.3 is 10.1 Å². The third-order valence-electron chi connectivity index (χ3n) is 6.19. The molecule has 5 rings (SSSR count). The zero-order valence-electron chi connectivity index (χ0n) is 20.1. The van der Waals surface area contributed by atoms with Crippen molar-refractivity contribution in [3.63, 3.8) is 0 Å². The lowest BCUT2D eigenvalue weighted by Crippen LogP contribution is -2.23. The number of fused-ring (bicyclic) bond motifs is 2. The molecule has 7 heteroatoms. The quantitative estimate of drug-likeness (QED) is 0.430. The molecule has 174 valence electrons. The summed E-state index contributed by atoms with van der Waals surface area (Å²) in [6, 6.07) is 7.96. The maximum absolute atomic E-state index is 15.1. The minimum atomic E-state index is -0.418. The van der Waals surface area contributed by atoms with Gasteiger partial charge in [0.2, 0.25) is 0 Å². The van der Waals surface area contributed by atoms with Crippen LogP contribution in [0.3, 0.4) is 0 Å². The molecule has 3 heterocycles. The summed E-state index contributed by atoms with van der Waals surface area (Å²) in [5.74, 6) is -0.239. The SMILES string of the molecule is CC.CCc1cccc(CC)c1-n1nc2c(c1-c1cc(F)c(OC)c3[nH]ncc13)CNCC2. The first-order valence-corrected chi connectivity index (χ1v) is 11.8. The first kappa shape index (κ1) is 23.0. The monoisotopic (exact) mass is 449 g/mol. The Morgan fingerprint density at radius 1 is 1.15 bits per heavy atom. The molecule has 0 bridgehead atoms. The minimum Gasteiger partial charge on any atom is -0.492 e. The second-order valence-electron chi connectivity index (χ2n) is 7.84. The zero-order chi connectivity index (χ0) is 23.5. The van der Waals surface area contributed by atoms with Crippen LogP contribution in [-0.4, -0.2) is 33.6 Å². The van der Waals surface area contributed by atoms with Crippen molar-refractivity contribution in [1.82, 2.24) is 25.3 Å². The van der Waals surface area contributed by atoms with Gasteiger partial charge in [0.25, 0.3) is 0 Å². The normalized spacial score (nSPS) is 12.9. The number of rotatable bonds is 5. The molecular weight excluding hydrogens is 417 g/mol. The van der Waals surface area contributed by atoms with Crippen LogP contribution in [-0.2, 0) is 25.8 Å². The Morgan fingerprint density at radius 2 is 1.88 bits per heavy atom. The summed E-state index contributed by atoms with van der Waals surface area (Å²) in [4.78, 5) is 0. The number of hydrogen-bond donors (Lipinski definition) is 2. The fourth-order valence-electron chi connectivity index (χ4n) is 4.68. The molecule has 2 aromatic carbocycles. The second kappa shape index (κ2) is 9.75. The van der Waals surface area contributed by atoms with Crippen LogP contribution in [0.2, 0.25) is 0 Å². The molecule has 0 radical (unpaired) electrons. The predicted octanol–water partition coefficient (Wildman–Crippen LogP) is 5.36. The maximum Gasteiger partial charge on any atom is 0.180 e. The van der Waals surface area contributed by atoms with Gasteiger partial charge in [0.05, 0.1) is 30.4 Å². The van der Waals surface area contributed by atoms with Gasteiger partial charge in [-0.1, -0.05) is 45.9 Å². The van der Waals surface area contributed by atoms with Crippen molar-refractivity contribution < 1.29 is 9.13 Å². The highest BCUT2D eigenvalue weighted by Crippen LogP contribution is 2.40. The zero-order valence-corrected chi connectivity index (χ0v) is 20.1. The Hall–Kier alpha value is -3.19. The summed E-state index contributed by atoms with van der Waals surface area (Å²) < 4.78 is 22.4. The molecule has 0 unspecified atom stereocenters. The Morgan fingerprint density at radius 3 is 2.55 bits per heavy atom. The summed E-state index contributed by atoms with van der Waals surface area (Å²) in [5, 5.41) is 16.4. The van der Waals surface area contributed by atoms with Gasteiger partial charge in [-0.15, -0.1) is 0 Å². The average molecular weight is 450 g/mol. The van der Waals surface area contributed by atoms with Crippen molar-refractivity contribution >= 4 is 10.9 Å². The van der Waals surface area contributed by atoms with E-state index in [1.165, 1.54) is 18.2 Å². The number of halogens is 1. The van der Waals surface area contributed by atoms with Crippen LogP contribution >= 0.6 is 0 Å². The largest absolute Gasteiger partial charge is 0.492 e. The number of benzene rings is 2. The molecule has 0 atom stereocenters. The van der Waals surface area contributed by atoms with Crippen LogP contribution in [0.15, 0.2) is 30.5 Å². The van der Waals surface area contributed by atoms with Crippen molar-refractivity contribution in [2.75, 3.05) is 13.7 Å². The van der Waals surface area contributed by atoms with E-state index < -0.39 is 5.82 Å². The Bertz CT molecular complexity index is 1250. The fourth-order valence-corrected chi connectivity index (χ4v) is 4.68. The molecule has 33 heavy (non-hydrogen) atoms. The van der Waals surface area contributed by atoms with Crippen molar-refractivity contribution in [1.29, 1.82) is 0 Å². The molecule has 2 N–H and O–H groups in total. The van der Waals surface area contributed by atoms with Crippen molar-refractivity contribution in [2.24, 2.45) is 0 Å². The lowest BCUT2D eigenvalue weighted by atomic mass is 9.97. The van der Waals surface area contributed by atoms with Gasteiger partial charge in [0, 0.05) is 36.0 Å². The first-order valence-electron chi connectivity index (χ1n) is 11.8. The predicted molar refractivity (Wildman–Crippen MR) is 131 cm³/mol. The number of hydrogen-bond acceptors (Lipinski definition) is 4. The molecule has 0 amide bonds. The molecule has 2 aromatic heterocycles. The summed E-state index contributed by atoms with van der Waals surface area (Å²) in [5.41, 5.74) is 7.99. The molecule has 0 fully saturated rings. The number of para-hydroxylation sites is 1. The Labute approximate surface area is 194 Å². The van der Waals surface area contributed by atoms with E-state index in [-0.39, 0.29) is 5.75 Å². The van der Waals surface area contributed by atoms with Gasteiger partial charge in [0.15, 0.2) is 11.6 Å². The van der Waals surface area contributed by atoms with E-state index in [4.69, 9.17) is 9.84 Å². The number of ether oxygens (including phenoxy) is 1. The maximum atomic E-state index is 15.1. The first-order chi connectivity index (χ1) is 16.2. The van der Waals surface area contributed by atoms with Gasteiger partial charge in [-0.2, -0.15) is 10.2 Å². The molecule has 0 saturated heterocycles. The van der Waals surface area contributed by atoms with Crippen LogP contribution in [0.1, 0.15) is 50.1 Å². The number of aryl methyl sites for hydroxylation is 2. The lowest BCUT2D eigenvalue weighted by Gasteiger charge is -2.18. The second-order valence-corrected chi connectivity index (χ2v) is 7.84. The number of H-pyrrole nitrogens is 1. The summed E-state index contributed by atoms with van der Waals surface area (Å²) >= 11 is 0. The minimum absolute atomic E-state index is 0.178. The highest BCUT2D eigenvalue weighted by Gasteiger charge is 2.27. The molecule has 0 saturated carbocycles. The van der Waals surface area contributed by atoms with Crippen molar-refractivity contribution in [2.45, 2.75) is 53.5 Å². The summed E-state index contributed by atoms with van der Waals surface area (Å²) in [6.45, 7) is 9.90. The van der Waals surface area contributed by atoms with Crippen LogP contribution in [0.5, 0.6) is 5.75 Å². The number of aromatic nitrogens is 4. The van der Waals surface area contributed by atoms with Gasteiger partial charge in [-0.3, -0.25) is 5.10 Å². The fraction of sp³-hybridized carbons (Fsp3) is 0.385. The lowest BCUT2D eigenvalue weighted by molar-refractivity contribution is 0.391. The van der Waals surface area contributed by atoms with E-state index in [1.54, 1.807) is 12.3 Å². The van der Waals surface area contributed by atoms with Gasteiger partial charge in [-0.25, -0.2) is 9.07 Å². The van der Waals surface area contributed by atoms with Gasteiger partial charge >= 0.3 is 0 Å². The molecule has 1 aliphatic rings. The highest BCUT2D eigenvalue weighted by molar-refractivity contribution is 5.98. The van der Waals surface area contributed by atoms with Gasteiger partial charge in [-0.05, 0) is 30.0 Å². The molecular formula is C26H32FN5O. The standard InChI is InChI=1S/C24H26FN5O.C2H6/c1-4-14-7-6-8-15(5-2)22(14)30-23(18-12-26-10-9-20(18)29-30)16-11-19(25)24(31-3)21-17(16)13-27-28-21;1-2/h6-8,11,13,26H,4-5,9-10,12H2,1-3H3,(H,27,28);1-2H3. The average Bonchev–Trinajstić information content (AvgIpc) is 3.49. The van der Waals surface area contributed by atoms with E-state index in [0.717, 1.165) is 59.4 Å². The van der Waals surface area contributed by atoms with Crippen LogP contribution in [0.25, 0.3) is 27.8 Å². The van der Waals surface area contributed by atoms with Crippen LogP contribution < -0.4 is 10.1 Å². The Balaban J connectivity index is 0.00000126. The number of nitrogens with zero attached hydrogens (tertiary/aromatic N) is 3. The molecule has 0 spiro atoms. The highest BCUT2D eigenvalue weighted by atomic mass is 19.1. The third kappa shape index (κ3) is 3.80. The van der Waals surface area contributed by atoms with Crippen molar-refractivity contribution in [3.05, 3.63) is 58.7 Å². The summed E-state index contributed by atoms with van der Waals surface area (Å²) in [6.07, 6.45) is 4.37. The smallest absolute Gasteiger partial charge is 0.180 e. The van der Waals surface area contributed by atoms with Crippen LogP contribution in [0.4, 0.5) is 4.39 Å². The summed E-state index contributed by atoms with van der Waals surface area (Å²) in [7, 11) is 1.47. The van der Waals surface area contributed by atoms with E-state index in [9.17, 15) is 0 Å². The van der Waals surface area contributed by atoms with E-state index >= 15 is 4.39 Å². The van der Waals surface area contributed by atoms with E-state index in [0.29, 0.717) is 12.1 Å². The molecule has 1 aliphatic heterocycles. The van der Waals surface area contributed by atoms with E-state index in [2.05, 4.69) is 47.6 Å². The number of aromatic amines is 1. The van der Waals surface area contributed by atoms with Crippen molar-refractivity contribution in [3.8, 4) is 22.7 Å². The molecule has 4 aromatic rings. The number of methoxy groups -OCH3 is 1. The molecule has 0 aliphatic carbocycles. The van der Waals surface area contributed by atoms with E-state index in [1.807, 2.05) is 18.5 Å². The Kier molecular flexibility index (Phi) is 6.79. The topological polar surface area (TPSA) is 67.8 Å². The van der Waals surface area contributed by atoms with Crippen LogP contribution in [0, 0.1) is 5.82 Å². The van der Waals surface area contributed by atoms with Gasteiger partial charge in [0.1, 0.15) is 5.52 Å². The third-order valence-corrected chi connectivity index (χ3v) is 6.19. The number of nitrogens with one attached hydrogen (secondary N) is 2.